The van der Waals surface area contributed by atoms with Crippen LogP contribution >= 0.6 is 11.6 Å². The van der Waals surface area contributed by atoms with E-state index in [2.05, 4.69) is 21.3 Å². The second-order valence-corrected chi connectivity index (χ2v) is 7.84. The van der Waals surface area contributed by atoms with E-state index in [0.29, 0.717) is 59.7 Å². The molecule has 0 bridgehead atoms. The van der Waals surface area contributed by atoms with Gasteiger partial charge in [-0.15, -0.1) is 0 Å². The van der Waals surface area contributed by atoms with E-state index < -0.39 is 0 Å². The number of pyridine rings is 1. The van der Waals surface area contributed by atoms with E-state index in [9.17, 15) is 14.4 Å². The van der Waals surface area contributed by atoms with E-state index in [-0.39, 0.29) is 17.6 Å². The Bertz CT molecular complexity index is 1140. The molecule has 1 amide bonds. The highest BCUT2D eigenvalue weighted by molar-refractivity contribution is 6.30. The lowest BCUT2D eigenvalue weighted by Crippen LogP contribution is -2.40. The fraction of sp³-hybridized carbons (Fsp3) is 0.261. The first-order valence-corrected chi connectivity index (χ1v) is 10.2. The van der Waals surface area contributed by atoms with Crippen molar-refractivity contribution < 1.29 is 9.18 Å². The van der Waals surface area contributed by atoms with Crippen LogP contribution < -0.4 is 10.2 Å². The first kappa shape index (κ1) is 20.1. The minimum atomic E-state index is -0.365. The van der Waals surface area contributed by atoms with Gasteiger partial charge >= 0.3 is 0 Å². The monoisotopic (exact) mass is 422 g/mol. The summed E-state index contributed by atoms with van der Waals surface area (Å²) in [6.45, 7) is 1.66. The molecule has 0 saturated carbocycles. The lowest BCUT2D eigenvalue weighted by atomic mass is 9.94. The van der Waals surface area contributed by atoms with E-state index in [1.807, 2.05) is 18.2 Å². The molecule has 152 valence electrons. The van der Waals surface area contributed by atoms with Gasteiger partial charge in [0.15, 0.2) is 0 Å². The number of aromatic nitrogens is 1. The molecule has 0 spiro atoms. The Morgan fingerprint density at radius 1 is 1.27 bits per heavy atom. The van der Waals surface area contributed by atoms with Crippen LogP contribution in [0.2, 0.25) is 5.02 Å². The molecule has 1 fully saturated rings. The number of carbonyl (C=O) groups is 1. The van der Waals surface area contributed by atoms with Crippen molar-refractivity contribution in [3.05, 3.63) is 70.6 Å². The fourth-order valence-electron chi connectivity index (χ4n) is 3.92. The molecular formula is C23H20ClFN4O. The summed E-state index contributed by atoms with van der Waals surface area (Å²) in [6, 6.07) is 14.0. The van der Waals surface area contributed by atoms with Crippen molar-refractivity contribution in [2.75, 3.05) is 18.0 Å². The van der Waals surface area contributed by atoms with E-state index in [4.69, 9.17) is 11.6 Å². The molecule has 0 atom stereocenters. The zero-order valence-corrected chi connectivity index (χ0v) is 17.0. The molecule has 1 aromatic heterocycles. The number of halogens is 2. The summed E-state index contributed by atoms with van der Waals surface area (Å²) in [7, 11) is 0. The Kier molecular flexibility index (Phi) is 5.82. The van der Waals surface area contributed by atoms with Crippen LogP contribution in [0.1, 0.15) is 24.0 Å². The number of anilines is 1. The number of amides is 1. The average molecular weight is 423 g/mol. The number of nitrogens with one attached hydrogen (secondary N) is 1. The number of piperidine rings is 1. The third-order valence-electron chi connectivity index (χ3n) is 5.46. The van der Waals surface area contributed by atoms with Gasteiger partial charge in [-0.25, -0.2) is 4.39 Å². The molecule has 1 N–H and O–H groups in total. The molecule has 2 heterocycles. The van der Waals surface area contributed by atoms with Crippen molar-refractivity contribution in [2.45, 2.75) is 19.4 Å². The fourth-order valence-corrected chi connectivity index (χ4v) is 4.13. The largest absolute Gasteiger partial charge is 0.370 e. The maximum atomic E-state index is 13.8. The highest BCUT2D eigenvalue weighted by Crippen LogP contribution is 2.33. The van der Waals surface area contributed by atoms with E-state index in [1.165, 1.54) is 18.3 Å². The molecule has 0 radical (unpaired) electrons. The maximum Gasteiger partial charge on any atom is 0.223 e. The Balaban J connectivity index is 1.45. The van der Waals surface area contributed by atoms with Crippen molar-refractivity contribution >= 4 is 34.1 Å². The van der Waals surface area contributed by atoms with Gasteiger partial charge in [0.25, 0.3) is 0 Å². The second-order valence-electron chi connectivity index (χ2n) is 7.40. The van der Waals surface area contributed by atoms with Gasteiger partial charge in [-0.3, -0.25) is 9.78 Å². The first-order chi connectivity index (χ1) is 14.5. The lowest BCUT2D eigenvalue weighted by Gasteiger charge is -2.34. The smallest absolute Gasteiger partial charge is 0.223 e. The number of nitriles is 1. The topological polar surface area (TPSA) is 69.0 Å². The quantitative estimate of drug-likeness (QED) is 0.675. The number of rotatable bonds is 4. The van der Waals surface area contributed by atoms with Gasteiger partial charge < -0.3 is 10.2 Å². The highest BCUT2D eigenvalue weighted by Gasteiger charge is 2.27. The van der Waals surface area contributed by atoms with Crippen LogP contribution in [0.4, 0.5) is 10.1 Å². The van der Waals surface area contributed by atoms with Gasteiger partial charge in [0.1, 0.15) is 11.9 Å². The third kappa shape index (κ3) is 4.22. The summed E-state index contributed by atoms with van der Waals surface area (Å²) in [4.78, 5) is 18.9. The Labute approximate surface area is 179 Å². The predicted molar refractivity (Wildman–Crippen MR) is 115 cm³/mol. The van der Waals surface area contributed by atoms with Crippen molar-refractivity contribution in [1.82, 2.24) is 10.3 Å². The molecule has 1 aliphatic rings. The van der Waals surface area contributed by atoms with Gasteiger partial charge in [-0.05, 0) is 48.7 Å². The molecule has 0 unspecified atom stereocenters. The van der Waals surface area contributed by atoms with Crippen LogP contribution in [-0.4, -0.2) is 24.0 Å². The van der Waals surface area contributed by atoms with Crippen LogP contribution in [0.3, 0.4) is 0 Å². The summed E-state index contributed by atoms with van der Waals surface area (Å²) >= 11 is 5.99. The first-order valence-electron chi connectivity index (χ1n) is 9.80. The van der Waals surface area contributed by atoms with Crippen LogP contribution in [0.25, 0.3) is 10.9 Å². The number of hydrogen-bond donors (Lipinski definition) is 1. The normalized spacial score (nSPS) is 14.5. The van der Waals surface area contributed by atoms with Crippen molar-refractivity contribution in [3.63, 3.8) is 0 Å². The Morgan fingerprint density at radius 2 is 2.07 bits per heavy atom. The van der Waals surface area contributed by atoms with Crippen molar-refractivity contribution in [1.29, 1.82) is 5.26 Å². The minimum absolute atomic E-state index is 0.0146. The average Bonchev–Trinajstić information content (AvgIpc) is 2.76. The van der Waals surface area contributed by atoms with Gasteiger partial charge in [0.2, 0.25) is 5.91 Å². The number of benzene rings is 2. The van der Waals surface area contributed by atoms with Crippen LogP contribution in [0.5, 0.6) is 0 Å². The minimum Gasteiger partial charge on any atom is -0.370 e. The molecule has 0 aliphatic carbocycles. The predicted octanol–water partition coefficient (Wildman–Crippen LogP) is 4.43. The van der Waals surface area contributed by atoms with Crippen molar-refractivity contribution in [3.8, 4) is 6.07 Å². The summed E-state index contributed by atoms with van der Waals surface area (Å²) < 4.78 is 13.8. The molecule has 1 saturated heterocycles. The van der Waals surface area contributed by atoms with Crippen LogP contribution in [-0.2, 0) is 11.3 Å². The zero-order chi connectivity index (χ0) is 21.1. The summed E-state index contributed by atoms with van der Waals surface area (Å²) in [6.07, 6.45) is 2.84. The SMILES string of the molecule is N#Cc1cnc2ccc(F)cc2c1N1CCC(C(=O)NCc2cccc(Cl)c2)CC1. The van der Waals surface area contributed by atoms with E-state index in [1.54, 1.807) is 12.1 Å². The van der Waals surface area contributed by atoms with Crippen LogP contribution in [0, 0.1) is 23.1 Å². The number of carbonyl (C=O) groups excluding carboxylic acids is 1. The Morgan fingerprint density at radius 3 is 2.80 bits per heavy atom. The summed E-state index contributed by atoms with van der Waals surface area (Å²) in [5.74, 6) is -0.451. The van der Waals surface area contributed by atoms with E-state index >= 15 is 0 Å². The molecule has 4 rings (SSSR count). The van der Waals surface area contributed by atoms with Gasteiger partial charge in [0, 0.05) is 42.2 Å². The second kappa shape index (κ2) is 8.68. The number of hydrogen-bond acceptors (Lipinski definition) is 4. The van der Waals surface area contributed by atoms with Gasteiger partial charge in [0.05, 0.1) is 16.8 Å². The Hall–Kier alpha value is -3.17. The summed E-state index contributed by atoms with van der Waals surface area (Å²) in [5, 5.41) is 13.8. The molecule has 1 aliphatic heterocycles. The third-order valence-corrected chi connectivity index (χ3v) is 5.69. The highest BCUT2D eigenvalue weighted by atomic mass is 35.5. The van der Waals surface area contributed by atoms with Gasteiger partial charge in [-0.1, -0.05) is 23.7 Å². The lowest BCUT2D eigenvalue weighted by molar-refractivity contribution is -0.125. The molecule has 2 aromatic carbocycles. The standard InChI is InChI=1S/C23H20ClFN4O/c24-18-3-1-2-15(10-18)13-28-23(30)16-6-8-29(9-7-16)22-17(12-26)14-27-21-5-4-19(25)11-20(21)22/h1-5,10-11,14,16H,6-9,13H2,(H,28,30). The molecule has 3 aromatic rings. The summed E-state index contributed by atoms with van der Waals surface area (Å²) in [5.41, 5.74) is 2.71. The van der Waals surface area contributed by atoms with Gasteiger partial charge in [-0.2, -0.15) is 5.26 Å². The number of nitrogens with zero attached hydrogens (tertiary/aromatic N) is 3. The maximum absolute atomic E-state index is 13.8. The zero-order valence-electron chi connectivity index (χ0n) is 16.2. The van der Waals surface area contributed by atoms with Crippen LogP contribution in [0.15, 0.2) is 48.7 Å². The molecular weight excluding hydrogens is 403 g/mol. The van der Waals surface area contributed by atoms with Crippen molar-refractivity contribution in [2.24, 2.45) is 5.92 Å². The molecule has 30 heavy (non-hydrogen) atoms. The number of fused-ring (bicyclic) bond motifs is 1. The molecule has 7 heteroatoms. The van der Waals surface area contributed by atoms with E-state index in [0.717, 1.165) is 5.56 Å². The molecule has 5 nitrogen and oxygen atoms in total.